The molecule has 2 aromatic carbocycles. The van der Waals surface area contributed by atoms with Gasteiger partial charge in [-0.2, -0.15) is 4.31 Å². The molecule has 1 aliphatic rings. The number of hydrogen-bond acceptors (Lipinski definition) is 5. The molecular weight excluding hydrogens is 330 g/mol. The molecule has 24 heavy (non-hydrogen) atoms. The van der Waals surface area contributed by atoms with E-state index in [9.17, 15) is 13.2 Å². The third kappa shape index (κ3) is 2.95. The fourth-order valence-corrected chi connectivity index (χ4v) is 4.22. The number of nitrogen functional groups attached to an aromatic ring is 1. The number of nitrogens with two attached hydrogens (primary N) is 1. The molecule has 1 unspecified atom stereocenters. The van der Waals surface area contributed by atoms with Crippen LogP contribution in [0.3, 0.4) is 0 Å². The van der Waals surface area contributed by atoms with E-state index < -0.39 is 16.1 Å². The first-order valence-corrected chi connectivity index (χ1v) is 8.99. The summed E-state index contributed by atoms with van der Waals surface area (Å²) in [6.07, 6.45) is -0.797. The van der Waals surface area contributed by atoms with Gasteiger partial charge in [-0.3, -0.25) is 4.79 Å². The van der Waals surface area contributed by atoms with Crippen LogP contribution in [-0.2, 0) is 19.6 Å². The van der Waals surface area contributed by atoms with Crippen molar-refractivity contribution in [3.8, 4) is 0 Å². The molecule has 0 aliphatic carbocycles. The minimum atomic E-state index is -3.71. The molecule has 1 heterocycles. The van der Waals surface area contributed by atoms with E-state index in [0.717, 1.165) is 10.8 Å². The third-order valence-corrected chi connectivity index (χ3v) is 5.95. The average molecular weight is 349 g/mol. The van der Waals surface area contributed by atoms with Crippen LogP contribution in [0, 0.1) is 0 Å². The molecule has 8 heteroatoms. The number of fused-ring (bicyclic) bond motifs is 1. The van der Waals surface area contributed by atoms with Gasteiger partial charge in [0.05, 0.1) is 11.5 Å². The van der Waals surface area contributed by atoms with Gasteiger partial charge in [0.25, 0.3) is 0 Å². The predicted octanol–water partition coefficient (Wildman–Crippen LogP) is 0.558. The Bertz CT molecular complexity index is 882. The molecule has 3 N–H and O–H groups in total. The lowest BCUT2D eigenvalue weighted by Gasteiger charge is -2.31. The number of anilines is 1. The standard InChI is InChI=1S/C16H19N3O4S/c1-18-16(20)15-10-19(7-8-23-15)24(21,22)12-5-6-13-11(9-12)3-2-4-14(13)17/h2-6,9,15H,7-8,10,17H2,1H3,(H,18,20). The number of sulfonamides is 1. The number of carbonyl (C=O) groups excluding carboxylic acids is 1. The van der Waals surface area contributed by atoms with Gasteiger partial charge in [0.1, 0.15) is 6.10 Å². The largest absolute Gasteiger partial charge is 0.398 e. The van der Waals surface area contributed by atoms with Crippen molar-refractivity contribution in [2.24, 2.45) is 0 Å². The summed E-state index contributed by atoms with van der Waals surface area (Å²) < 4.78 is 32.4. The summed E-state index contributed by atoms with van der Waals surface area (Å²) in [4.78, 5) is 11.9. The molecule has 1 saturated heterocycles. The van der Waals surface area contributed by atoms with E-state index in [1.807, 2.05) is 6.07 Å². The highest BCUT2D eigenvalue weighted by molar-refractivity contribution is 7.89. The van der Waals surface area contributed by atoms with Crippen LogP contribution in [0.1, 0.15) is 0 Å². The van der Waals surface area contributed by atoms with E-state index in [-0.39, 0.29) is 30.5 Å². The highest BCUT2D eigenvalue weighted by Gasteiger charge is 2.33. The van der Waals surface area contributed by atoms with Crippen molar-refractivity contribution >= 4 is 32.4 Å². The molecule has 0 bridgehead atoms. The van der Waals surface area contributed by atoms with Gasteiger partial charge in [0.2, 0.25) is 15.9 Å². The van der Waals surface area contributed by atoms with Gasteiger partial charge in [-0.15, -0.1) is 0 Å². The molecule has 1 amide bonds. The van der Waals surface area contributed by atoms with E-state index in [2.05, 4.69) is 5.32 Å². The van der Waals surface area contributed by atoms with E-state index in [1.54, 1.807) is 30.3 Å². The van der Waals surface area contributed by atoms with E-state index >= 15 is 0 Å². The van der Waals surface area contributed by atoms with Crippen molar-refractivity contribution in [2.75, 3.05) is 32.5 Å². The predicted molar refractivity (Wildman–Crippen MR) is 90.9 cm³/mol. The molecule has 0 spiro atoms. The summed E-state index contributed by atoms with van der Waals surface area (Å²) in [5.74, 6) is -0.332. The highest BCUT2D eigenvalue weighted by atomic mass is 32.2. The maximum Gasteiger partial charge on any atom is 0.250 e. The number of benzene rings is 2. The zero-order valence-electron chi connectivity index (χ0n) is 13.2. The van der Waals surface area contributed by atoms with Gasteiger partial charge in [-0.05, 0) is 23.6 Å². The Labute approximate surface area is 140 Å². The number of morpholine rings is 1. The summed E-state index contributed by atoms with van der Waals surface area (Å²) in [6, 6.07) is 10.2. The van der Waals surface area contributed by atoms with Crippen LogP contribution in [0.25, 0.3) is 10.8 Å². The molecule has 0 aromatic heterocycles. The van der Waals surface area contributed by atoms with Gasteiger partial charge in [-0.1, -0.05) is 18.2 Å². The molecule has 7 nitrogen and oxygen atoms in total. The number of hydrogen-bond donors (Lipinski definition) is 2. The first kappa shape index (κ1) is 16.7. The molecule has 0 saturated carbocycles. The number of rotatable bonds is 3. The maximum absolute atomic E-state index is 12.9. The molecule has 2 aromatic rings. The topological polar surface area (TPSA) is 102 Å². The van der Waals surface area contributed by atoms with Crippen LogP contribution in [0.4, 0.5) is 5.69 Å². The van der Waals surface area contributed by atoms with Crippen molar-refractivity contribution in [3.63, 3.8) is 0 Å². The zero-order valence-corrected chi connectivity index (χ0v) is 14.0. The number of carbonyl (C=O) groups is 1. The first-order valence-electron chi connectivity index (χ1n) is 7.55. The summed E-state index contributed by atoms with van der Waals surface area (Å²) >= 11 is 0. The van der Waals surface area contributed by atoms with Crippen molar-refractivity contribution in [2.45, 2.75) is 11.0 Å². The molecule has 3 rings (SSSR count). The van der Waals surface area contributed by atoms with Gasteiger partial charge in [0, 0.05) is 31.2 Å². The molecular formula is C16H19N3O4S. The fourth-order valence-electron chi connectivity index (χ4n) is 2.76. The van der Waals surface area contributed by atoms with E-state index in [0.29, 0.717) is 5.69 Å². The number of likely N-dealkylation sites (N-methyl/N-ethyl adjacent to an activating group) is 1. The Morgan fingerprint density at radius 3 is 2.88 bits per heavy atom. The van der Waals surface area contributed by atoms with Crippen LogP contribution in [-0.4, -0.2) is 51.5 Å². The second-order valence-electron chi connectivity index (χ2n) is 5.57. The Balaban J connectivity index is 1.94. The van der Waals surface area contributed by atoms with Crippen LogP contribution in [0.2, 0.25) is 0 Å². The van der Waals surface area contributed by atoms with Gasteiger partial charge >= 0.3 is 0 Å². The maximum atomic E-state index is 12.9. The van der Waals surface area contributed by atoms with Gasteiger partial charge in [-0.25, -0.2) is 8.42 Å². The summed E-state index contributed by atoms with van der Waals surface area (Å²) in [5.41, 5.74) is 6.50. The second kappa shape index (κ2) is 6.39. The molecule has 1 aliphatic heterocycles. The molecule has 0 radical (unpaired) electrons. The fraction of sp³-hybridized carbons (Fsp3) is 0.312. The van der Waals surface area contributed by atoms with E-state index in [1.165, 1.54) is 11.4 Å². The Hall–Kier alpha value is -2.16. The van der Waals surface area contributed by atoms with Crippen LogP contribution < -0.4 is 11.1 Å². The lowest BCUT2D eigenvalue weighted by atomic mass is 10.1. The number of ether oxygens (including phenoxy) is 1. The van der Waals surface area contributed by atoms with Crippen molar-refractivity contribution in [3.05, 3.63) is 36.4 Å². The van der Waals surface area contributed by atoms with Crippen molar-refractivity contribution < 1.29 is 17.9 Å². The van der Waals surface area contributed by atoms with E-state index in [4.69, 9.17) is 10.5 Å². The minimum absolute atomic E-state index is 0.00300. The zero-order chi connectivity index (χ0) is 17.3. The molecule has 1 atom stereocenters. The lowest BCUT2D eigenvalue weighted by Crippen LogP contribution is -2.50. The first-order chi connectivity index (χ1) is 11.4. The van der Waals surface area contributed by atoms with Crippen LogP contribution in [0.5, 0.6) is 0 Å². The van der Waals surface area contributed by atoms with Gasteiger partial charge < -0.3 is 15.8 Å². The Morgan fingerprint density at radius 2 is 2.12 bits per heavy atom. The smallest absolute Gasteiger partial charge is 0.250 e. The summed E-state index contributed by atoms with van der Waals surface area (Å²) in [5, 5.41) is 4.04. The van der Waals surface area contributed by atoms with Crippen molar-refractivity contribution in [1.82, 2.24) is 9.62 Å². The Morgan fingerprint density at radius 1 is 1.33 bits per heavy atom. The summed E-state index contributed by atoms with van der Waals surface area (Å²) in [6.45, 7) is 0.389. The number of nitrogens with zero attached hydrogens (tertiary/aromatic N) is 1. The third-order valence-electron chi connectivity index (χ3n) is 4.09. The van der Waals surface area contributed by atoms with Gasteiger partial charge in [0.15, 0.2) is 0 Å². The SMILES string of the molecule is CNC(=O)C1CN(S(=O)(=O)c2ccc3c(N)cccc3c2)CCO1. The normalized spacial score (nSPS) is 19.3. The number of nitrogens with one attached hydrogen (secondary N) is 1. The van der Waals surface area contributed by atoms with Crippen LogP contribution >= 0.6 is 0 Å². The number of amides is 1. The molecule has 1 fully saturated rings. The molecule has 128 valence electrons. The van der Waals surface area contributed by atoms with Crippen molar-refractivity contribution in [1.29, 1.82) is 0 Å². The summed E-state index contributed by atoms with van der Waals surface area (Å²) in [7, 11) is -2.22. The minimum Gasteiger partial charge on any atom is -0.398 e. The second-order valence-corrected chi connectivity index (χ2v) is 7.50. The lowest BCUT2D eigenvalue weighted by molar-refractivity contribution is -0.135. The highest BCUT2D eigenvalue weighted by Crippen LogP contribution is 2.26. The monoisotopic (exact) mass is 349 g/mol. The van der Waals surface area contributed by atoms with Crippen LogP contribution in [0.15, 0.2) is 41.3 Å². The average Bonchev–Trinajstić information content (AvgIpc) is 2.61. The Kier molecular flexibility index (Phi) is 4.44. The quantitative estimate of drug-likeness (QED) is 0.788.